The molecule has 1 aromatic heterocycles. The van der Waals surface area contributed by atoms with Gasteiger partial charge < -0.3 is 10.2 Å². The molecule has 6 nitrogen and oxygen atoms in total. The van der Waals surface area contributed by atoms with Gasteiger partial charge in [-0.3, -0.25) is 4.98 Å². The molecule has 3 aromatic carbocycles. The number of aromatic nitrogens is 1. The van der Waals surface area contributed by atoms with Gasteiger partial charge in [0.15, 0.2) is 0 Å². The molecule has 2 aliphatic heterocycles. The third kappa shape index (κ3) is 6.73. The number of piperazine rings is 1. The van der Waals surface area contributed by atoms with E-state index in [1.54, 1.807) is 18.2 Å². The van der Waals surface area contributed by atoms with Crippen LogP contribution in [0.2, 0.25) is 0 Å². The molecule has 6 rings (SSSR count). The van der Waals surface area contributed by atoms with Crippen LogP contribution in [0.15, 0.2) is 88.4 Å². The Morgan fingerprint density at radius 1 is 0.900 bits per heavy atom. The number of anilines is 3. The molecular weight excluding hydrogens is 625 g/mol. The summed E-state index contributed by atoms with van der Waals surface area (Å²) in [5, 5.41) is 3.68. The van der Waals surface area contributed by atoms with Crippen molar-refractivity contribution in [3.63, 3.8) is 0 Å². The Balaban J connectivity index is 0.00000101. The first kappa shape index (κ1) is 28.7. The number of nitrogens with one attached hydrogen (secondary N) is 1. The van der Waals surface area contributed by atoms with Gasteiger partial charge in [-0.25, -0.2) is 8.42 Å². The van der Waals surface area contributed by atoms with E-state index in [9.17, 15) is 21.6 Å². The number of sulfonamides is 1. The van der Waals surface area contributed by atoms with E-state index < -0.39 is 21.8 Å². The predicted molar refractivity (Wildman–Crippen MR) is 159 cm³/mol. The van der Waals surface area contributed by atoms with Gasteiger partial charge in [0.25, 0.3) is 0 Å². The van der Waals surface area contributed by atoms with Crippen LogP contribution in [0.25, 0.3) is 10.9 Å². The summed E-state index contributed by atoms with van der Waals surface area (Å²) in [5.74, 6) is 2.83. The second kappa shape index (κ2) is 12.0. The smallest absolute Gasteiger partial charge is 0.368 e. The van der Waals surface area contributed by atoms with E-state index in [4.69, 9.17) is 0 Å². The molecular formula is C28H26BrF3N4O2S2. The normalized spacial score (nSPS) is 15.8. The van der Waals surface area contributed by atoms with Gasteiger partial charge in [0.1, 0.15) is 0 Å². The van der Waals surface area contributed by atoms with Crippen LogP contribution in [0.3, 0.4) is 0 Å². The molecule has 3 heterocycles. The van der Waals surface area contributed by atoms with Gasteiger partial charge in [-0.1, -0.05) is 18.2 Å². The molecule has 210 valence electrons. The van der Waals surface area contributed by atoms with Crippen molar-refractivity contribution in [3.05, 3.63) is 89.0 Å². The maximum atomic E-state index is 13.2. The lowest BCUT2D eigenvalue weighted by Gasteiger charge is -2.35. The first-order chi connectivity index (χ1) is 19.1. The average molecular weight is 652 g/mol. The number of benzene rings is 3. The van der Waals surface area contributed by atoms with Gasteiger partial charge in [-0.15, -0.1) is 0 Å². The van der Waals surface area contributed by atoms with Crippen molar-refractivity contribution in [2.45, 2.75) is 11.1 Å². The van der Waals surface area contributed by atoms with Crippen LogP contribution in [0, 0.1) is 0 Å². The molecule has 2 aliphatic rings. The molecule has 4 aromatic rings. The minimum Gasteiger partial charge on any atom is -0.368 e. The first-order valence-electron chi connectivity index (χ1n) is 12.5. The fraction of sp³-hybridized carbons (Fsp3) is 0.250. The topological polar surface area (TPSA) is 65.5 Å². The Hall–Kier alpha value is -2.80. The highest BCUT2D eigenvalue weighted by Crippen LogP contribution is 2.34. The third-order valence-corrected chi connectivity index (χ3v) is 9.47. The second-order valence-electron chi connectivity index (χ2n) is 9.19. The lowest BCUT2D eigenvalue weighted by Crippen LogP contribution is -2.48. The maximum Gasteiger partial charge on any atom is 0.416 e. The molecule has 12 heteroatoms. The molecule has 0 bridgehead atoms. The molecule has 2 fully saturated rings. The van der Waals surface area contributed by atoms with Crippen molar-refractivity contribution in [1.82, 2.24) is 9.29 Å². The number of nitrogens with zero attached hydrogens (tertiary/aromatic N) is 3. The lowest BCUT2D eigenvalue weighted by atomic mass is 10.1. The molecule has 0 saturated carbocycles. The Morgan fingerprint density at radius 2 is 1.57 bits per heavy atom. The summed E-state index contributed by atoms with van der Waals surface area (Å²) in [4.78, 5) is 6.39. The molecule has 2 saturated heterocycles. The van der Waals surface area contributed by atoms with Crippen LogP contribution < -0.4 is 10.2 Å². The van der Waals surface area contributed by atoms with Crippen molar-refractivity contribution >= 4 is 65.7 Å². The van der Waals surface area contributed by atoms with Crippen LogP contribution in [0.1, 0.15) is 5.56 Å². The van der Waals surface area contributed by atoms with Crippen LogP contribution in [0.5, 0.6) is 0 Å². The maximum absolute atomic E-state index is 13.2. The molecule has 0 amide bonds. The quantitative estimate of drug-likeness (QED) is 0.235. The summed E-state index contributed by atoms with van der Waals surface area (Å²) < 4.78 is 68.1. The van der Waals surface area contributed by atoms with Gasteiger partial charge in [0, 0.05) is 65.1 Å². The van der Waals surface area contributed by atoms with Gasteiger partial charge in [0.05, 0.1) is 21.7 Å². The van der Waals surface area contributed by atoms with Crippen LogP contribution in [-0.4, -0.2) is 55.4 Å². The lowest BCUT2D eigenvalue weighted by molar-refractivity contribution is -0.137. The van der Waals surface area contributed by atoms with E-state index in [0.717, 1.165) is 22.3 Å². The summed E-state index contributed by atoms with van der Waals surface area (Å²) in [7, 11) is -3.67. The number of alkyl halides is 3. The minimum atomic E-state index is -4.45. The fourth-order valence-corrected chi connectivity index (χ4v) is 6.28. The standard InChI is InChI=1S/C26H22BrF3N4O2S.C2H4S/c27-22-3-1-2-4-25(22)33-13-15-34(16-14-33)37(35,36)20-8-6-19(7-9-20)32-23-11-12-31-24-17-18(26(28,29)30)5-10-21(23)24;1-2-3-1/h1-12,17H,13-16H2,(H,31,32);1-2H2. The summed E-state index contributed by atoms with van der Waals surface area (Å²) in [6.45, 7) is 1.89. The van der Waals surface area contributed by atoms with E-state index >= 15 is 0 Å². The zero-order chi connectivity index (χ0) is 28.3. The number of para-hydroxylation sites is 1. The molecule has 0 spiro atoms. The van der Waals surface area contributed by atoms with E-state index in [-0.39, 0.29) is 10.4 Å². The van der Waals surface area contributed by atoms with Crippen LogP contribution in [0.4, 0.5) is 30.2 Å². The zero-order valence-electron chi connectivity index (χ0n) is 21.2. The highest BCUT2D eigenvalue weighted by molar-refractivity contribution is 9.10. The SMILES string of the molecule is C1CS1.O=S(=O)(c1ccc(Nc2ccnc3cc(C(F)(F)F)ccc23)cc1)N1CCN(c2ccccc2Br)CC1. The third-order valence-electron chi connectivity index (χ3n) is 6.48. The number of hydrogen-bond acceptors (Lipinski definition) is 6. The molecule has 0 unspecified atom stereocenters. The van der Waals surface area contributed by atoms with Crippen molar-refractivity contribution in [2.24, 2.45) is 0 Å². The van der Waals surface area contributed by atoms with E-state index in [1.165, 1.54) is 40.2 Å². The average Bonchev–Trinajstić information content (AvgIpc) is 3.83. The highest BCUT2D eigenvalue weighted by Gasteiger charge is 2.31. The zero-order valence-corrected chi connectivity index (χ0v) is 24.5. The number of halogens is 4. The largest absolute Gasteiger partial charge is 0.416 e. The van der Waals surface area contributed by atoms with Crippen molar-refractivity contribution in [1.29, 1.82) is 0 Å². The number of hydrogen-bond donors (Lipinski definition) is 1. The molecule has 40 heavy (non-hydrogen) atoms. The Morgan fingerprint density at radius 3 is 2.20 bits per heavy atom. The Labute approximate surface area is 243 Å². The van der Waals surface area contributed by atoms with Gasteiger partial charge >= 0.3 is 6.18 Å². The number of pyridine rings is 1. The van der Waals surface area contributed by atoms with Crippen molar-refractivity contribution in [3.8, 4) is 0 Å². The first-order valence-corrected chi connectivity index (χ1v) is 15.9. The fourth-order valence-electron chi connectivity index (χ4n) is 4.33. The number of rotatable bonds is 5. The van der Waals surface area contributed by atoms with E-state index in [2.05, 4.69) is 31.1 Å². The minimum absolute atomic E-state index is 0.182. The summed E-state index contributed by atoms with van der Waals surface area (Å²) in [6, 6.07) is 19.2. The number of thioether (sulfide) groups is 1. The second-order valence-corrected chi connectivity index (χ2v) is 13.2. The summed E-state index contributed by atoms with van der Waals surface area (Å²) in [6.07, 6.45) is -3.02. The summed E-state index contributed by atoms with van der Waals surface area (Å²) in [5.41, 5.74) is 1.65. The Kier molecular flexibility index (Phi) is 8.60. The summed E-state index contributed by atoms with van der Waals surface area (Å²) >= 11 is 5.55. The predicted octanol–water partition coefficient (Wildman–Crippen LogP) is 7.00. The van der Waals surface area contributed by atoms with Crippen molar-refractivity contribution in [2.75, 3.05) is 47.9 Å². The van der Waals surface area contributed by atoms with E-state index in [1.807, 2.05) is 36.0 Å². The monoisotopic (exact) mass is 650 g/mol. The molecule has 1 N–H and O–H groups in total. The van der Waals surface area contributed by atoms with Gasteiger partial charge in [-0.05, 0) is 70.5 Å². The Bertz CT molecular complexity index is 1590. The molecule has 0 aliphatic carbocycles. The van der Waals surface area contributed by atoms with E-state index in [0.29, 0.717) is 42.9 Å². The van der Waals surface area contributed by atoms with Gasteiger partial charge in [0.2, 0.25) is 10.0 Å². The highest BCUT2D eigenvalue weighted by atomic mass is 79.9. The molecule has 0 atom stereocenters. The van der Waals surface area contributed by atoms with Crippen LogP contribution in [-0.2, 0) is 16.2 Å². The van der Waals surface area contributed by atoms with Crippen molar-refractivity contribution < 1.29 is 21.6 Å². The number of fused-ring (bicyclic) bond motifs is 1. The van der Waals surface area contributed by atoms with Crippen LogP contribution >= 0.6 is 27.7 Å². The molecule has 0 radical (unpaired) electrons. The van der Waals surface area contributed by atoms with Gasteiger partial charge in [-0.2, -0.15) is 29.2 Å².